The molecule has 0 bridgehead atoms. The highest BCUT2D eigenvalue weighted by Gasteiger charge is 2.28. The molecule has 4 rings (SSSR count). The van der Waals surface area contributed by atoms with Gasteiger partial charge in [0.15, 0.2) is 5.69 Å². The number of aromatic nitrogens is 2. The topological polar surface area (TPSA) is 79.6 Å². The highest BCUT2D eigenvalue weighted by Crippen LogP contribution is 2.25. The Balaban J connectivity index is 1.47. The largest absolute Gasteiger partial charge is 0.491 e. The van der Waals surface area contributed by atoms with Crippen LogP contribution in [-0.4, -0.2) is 44.9 Å². The van der Waals surface area contributed by atoms with Gasteiger partial charge in [-0.1, -0.05) is 42.5 Å². The fraction of sp³-hybridized carbons (Fsp3) is 0.385. The molecule has 0 saturated carbocycles. The molecule has 0 fully saturated rings. The van der Waals surface area contributed by atoms with Gasteiger partial charge in [-0.2, -0.15) is 5.10 Å². The van der Waals surface area contributed by atoms with E-state index in [0.29, 0.717) is 25.3 Å². The monoisotopic (exact) mass is 448 g/mol. The lowest BCUT2D eigenvalue weighted by molar-refractivity contribution is 0.0942. The van der Waals surface area contributed by atoms with Crippen molar-refractivity contribution < 1.29 is 14.6 Å². The number of carbonyl (C=O) groups excluding carboxylic acids is 1. The summed E-state index contributed by atoms with van der Waals surface area (Å²) in [6.45, 7) is 7.19. The van der Waals surface area contributed by atoms with Crippen molar-refractivity contribution in [3.63, 3.8) is 0 Å². The van der Waals surface area contributed by atoms with E-state index in [1.807, 2.05) is 56.3 Å². The van der Waals surface area contributed by atoms with Crippen molar-refractivity contribution in [1.82, 2.24) is 20.0 Å². The molecule has 1 aliphatic heterocycles. The molecule has 2 heterocycles. The molecule has 2 N–H and O–H groups in total. The van der Waals surface area contributed by atoms with Gasteiger partial charge >= 0.3 is 0 Å². The van der Waals surface area contributed by atoms with Gasteiger partial charge in [-0.15, -0.1) is 0 Å². The van der Waals surface area contributed by atoms with E-state index < -0.39 is 0 Å². The van der Waals surface area contributed by atoms with Gasteiger partial charge in [0.2, 0.25) is 0 Å². The lowest BCUT2D eigenvalue weighted by atomic mass is 10.0. The Kier molecular flexibility index (Phi) is 7.42. The molecule has 3 aromatic rings. The zero-order chi connectivity index (χ0) is 23.2. The van der Waals surface area contributed by atoms with Crippen molar-refractivity contribution >= 4 is 5.91 Å². The quantitative estimate of drug-likeness (QED) is 0.526. The minimum absolute atomic E-state index is 0.00624. The molecule has 7 heteroatoms. The summed E-state index contributed by atoms with van der Waals surface area (Å²) in [5, 5.41) is 17.0. The first-order valence-corrected chi connectivity index (χ1v) is 11.5. The molecule has 0 spiro atoms. The molecule has 0 aliphatic carbocycles. The smallest absolute Gasteiger partial charge is 0.272 e. The number of aliphatic hydroxyl groups is 1. The molecule has 0 unspecified atom stereocenters. The molecule has 0 saturated heterocycles. The van der Waals surface area contributed by atoms with Crippen LogP contribution in [0.5, 0.6) is 5.75 Å². The molecule has 7 nitrogen and oxygen atoms in total. The highest BCUT2D eigenvalue weighted by atomic mass is 16.5. The van der Waals surface area contributed by atoms with E-state index in [1.165, 1.54) is 5.56 Å². The van der Waals surface area contributed by atoms with Crippen LogP contribution >= 0.6 is 0 Å². The summed E-state index contributed by atoms with van der Waals surface area (Å²) in [4.78, 5) is 15.3. The Hall–Kier alpha value is -3.16. The van der Waals surface area contributed by atoms with Gasteiger partial charge in [0.05, 0.1) is 19.3 Å². The summed E-state index contributed by atoms with van der Waals surface area (Å²) in [6, 6.07) is 18.0. The van der Waals surface area contributed by atoms with E-state index >= 15 is 0 Å². The van der Waals surface area contributed by atoms with Crippen LogP contribution in [0.1, 0.15) is 46.7 Å². The van der Waals surface area contributed by atoms with Crippen LogP contribution in [-0.2, 0) is 32.6 Å². The van der Waals surface area contributed by atoms with Crippen molar-refractivity contribution in [2.45, 2.75) is 52.6 Å². The van der Waals surface area contributed by atoms with Crippen molar-refractivity contribution in [1.29, 1.82) is 0 Å². The Morgan fingerprint density at radius 3 is 2.58 bits per heavy atom. The van der Waals surface area contributed by atoms with E-state index in [1.54, 1.807) is 4.68 Å². The van der Waals surface area contributed by atoms with Gasteiger partial charge in [0.1, 0.15) is 5.75 Å². The first-order chi connectivity index (χ1) is 16.0. The molecular formula is C26H32N4O3. The van der Waals surface area contributed by atoms with Crippen LogP contribution in [0.4, 0.5) is 0 Å². The third kappa shape index (κ3) is 5.80. The van der Waals surface area contributed by atoms with Gasteiger partial charge in [-0.05, 0) is 37.1 Å². The van der Waals surface area contributed by atoms with E-state index in [2.05, 4.69) is 27.4 Å². The molecule has 1 aliphatic rings. The maximum atomic E-state index is 13.0. The highest BCUT2D eigenvalue weighted by molar-refractivity contribution is 5.94. The van der Waals surface area contributed by atoms with E-state index in [9.17, 15) is 9.90 Å². The summed E-state index contributed by atoms with van der Waals surface area (Å²) in [6.07, 6.45) is 0.946. The second kappa shape index (κ2) is 10.6. The third-order valence-electron chi connectivity index (χ3n) is 5.74. The minimum atomic E-state index is -0.177. The molecule has 0 radical (unpaired) electrons. The Bertz CT molecular complexity index is 1060. The number of aliphatic hydroxyl groups excluding tert-OH is 1. The van der Waals surface area contributed by atoms with Gasteiger partial charge in [0, 0.05) is 43.9 Å². The predicted octanol–water partition coefficient (Wildman–Crippen LogP) is 3.15. The fourth-order valence-corrected chi connectivity index (χ4v) is 4.21. The number of hydrogen-bond donors (Lipinski definition) is 2. The Labute approximate surface area is 195 Å². The number of nitrogens with zero attached hydrogens (tertiary/aromatic N) is 3. The average Bonchev–Trinajstić information content (AvgIpc) is 3.17. The molecule has 1 amide bonds. The van der Waals surface area contributed by atoms with Crippen molar-refractivity contribution in [2.24, 2.45) is 0 Å². The number of nitrogens with one attached hydrogen (secondary N) is 1. The van der Waals surface area contributed by atoms with Crippen LogP contribution in [0.15, 0.2) is 54.6 Å². The first kappa shape index (κ1) is 23.0. The van der Waals surface area contributed by atoms with Gasteiger partial charge in [0.25, 0.3) is 5.91 Å². The van der Waals surface area contributed by atoms with Crippen molar-refractivity contribution in [2.75, 3.05) is 13.2 Å². The van der Waals surface area contributed by atoms with Gasteiger partial charge in [-0.25, -0.2) is 0 Å². The van der Waals surface area contributed by atoms with Gasteiger partial charge < -0.3 is 15.2 Å². The standard InChI is InChI=1S/C26H32N4O3/c1-19(2)33-22-10-8-21(9-11-22)17-29-13-12-24-23(18-29)25(28-30(24)14-15-31)26(32)27-16-20-6-4-3-5-7-20/h3-11,19,31H,12-18H2,1-2H3,(H,27,32). The zero-order valence-corrected chi connectivity index (χ0v) is 19.3. The number of ether oxygens (including phenoxy) is 1. The number of rotatable bonds is 9. The van der Waals surface area contributed by atoms with Crippen LogP contribution < -0.4 is 10.1 Å². The minimum Gasteiger partial charge on any atom is -0.491 e. The second-order valence-electron chi connectivity index (χ2n) is 8.66. The Morgan fingerprint density at radius 2 is 1.88 bits per heavy atom. The van der Waals surface area contributed by atoms with E-state index in [0.717, 1.165) is 42.1 Å². The molecular weight excluding hydrogens is 416 g/mol. The number of fused-ring (bicyclic) bond motifs is 1. The van der Waals surface area contributed by atoms with Crippen molar-refractivity contribution in [3.05, 3.63) is 82.7 Å². The van der Waals surface area contributed by atoms with Crippen LogP contribution in [0, 0.1) is 0 Å². The molecule has 1 aromatic heterocycles. The van der Waals surface area contributed by atoms with Crippen LogP contribution in [0.3, 0.4) is 0 Å². The van der Waals surface area contributed by atoms with Gasteiger partial charge in [-0.3, -0.25) is 14.4 Å². The average molecular weight is 449 g/mol. The maximum Gasteiger partial charge on any atom is 0.272 e. The van der Waals surface area contributed by atoms with Crippen molar-refractivity contribution in [3.8, 4) is 5.75 Å². The number of amides is 1. The summed E-state index contributed by atoms with van der Waals surface area (Å²) in [5.41, 5.74) is 4.71. The fourth-order valence-electron chi connectivity index (χ4n) is 4.21. The first-order valence-electron chi connectivity index (χ1n) is 11.5. The number of benzene rings is 2. The summed E-state index contributed by atoms with van der Waals surface area (Å²) in [5.74, 6) is 0.696. The zero-order valence-electron chi connectivity index (χ0n) is 19.3. The summed E-state index contributed by atoms with van der Waals surface area (Å²) < 4.78 is 7.53. The van der Waals surface area contributed by atoms with Crippen LogP contribution in [0.2, 0.25) is 0 Å². The predicted molar refractivity (Wildman–Crippen MR) is 127 cm³/mol. The third-order valence-corrected chi connectivity index (χ3v) is 5.74. The van der Waals surface area contributed by atoms with E-state index in [-0.39, 0.29) is 18.6 Å². The van der Waals surface area contributed by atoms with E-state index in [4.69, 9.17) is 4.74 Å². The SMILES string of the molecule is CC(C)Oc1ccc(CN2CCc3c(c(C(=O)NCc4ccccc4)nn3CCO)C2)cc1. The lowest BCUT2D eigenvalue weighted by Gasteiger charge is -2.27. The molecule has 0 atom stereocenters. The second-order valence-corrected chi connectivity index (χ2v) is 8.66. The number of carbonyl (C=O) groups is 1. The van der Waals surface area contributed by atoms with Crippen LogP contribution in [0.25, 0.3) is 0 Å². The number of hydrogen-bond acceptors (Lipinski definition) is 5. The summed E-state index contributed by atoms with van der Waals surface area (Å²) in [7, 11) is 0. The molecule has 2 aromatic carbocycles. The normalized spacial score (nSPS) is 13.7. The lowest BCUT2D eigenvalue weighted by Crippen LogP contribution is -2.32. The summed E-state index contributed by atoms with van der Waals surface area (Å²) >= 11 is 0. The maximum absolute atomic E-state index is 13.0. The Morgan fingerprint density at radius 1 is 1.12 bits per heavy atom. The molecule has 174 valence electrons. The molecule has 33 heavy (non-hydrogen) atoms.